The van der Waals surface area contributed by atoms with Crippen molar-refractivity contribution >= 4 is 33.6 Å². The maximum Gasteiger partial charge on any atom is 0.223 e. The molecule has 0 unspecified atom stereocenters. The lowest BCUT2D eigenvalue weighted by atomic mass is 10.0. The van der Waals surface area contributed by atoms with E-state index >= 15 is 0 Å². The Kier molecular flexibility index (Phi) is 7.54. The largest absolute Gasteiger partial charge is 0.490 e. The minimum atomic E-state index is -0.0242. The summed E-state index contributed by atoms with van der Waals surface area (Å²) in [6, 6.07) is 14.3. The average Bonchev–Trinajstić information content (AvgIpc) is 3.68. The topological polar surface area (TPSA) is 105 Å². The van der Waals surface area contributed by atoms with Crippen molar-refractivity contribution < 1.29 is 19.1 Å². The third-order valence-electron chi connectivity index (χ3n) is 6.53. The highest BCUT2D eigenvalue weighted by Crippen LogP contribution is 2.29. The summed E-state index contributed by atoms with van der Waals surface area (Å²) in [5, 5.41) is 9.03. The van der Waals surface area contributed by atoms with Crippen LogP contribution in [0.2, 0.25) is 0 Å². The lowest BCUT2D eigenvalue weighted by Crippen LogP contribution is -2.26. The van der Waals surface area contributed by atoms with E-state index in [2.05, 4.69) is 38.8 Å². The molecule has 0 aliphatic heterocycles. The van der Waals surface area contributed by atoms with E-state index in [1.165, 1.54) is 12.5 Å². The monoisotopic (exact) mass is 500 g/mol. The fraction of sp³-hybridized carbons (Fsp3) is 0.345. The molecule has 192 valence electrons. The lowest BCUT2D eigenvalue weighted by molar-refractivity contribution is -0.122. The number of nitrogens with zero attached hydrogens (tertiary/aromatic N) is 1. The highest BCUT2D eigenvalue weighted by Gasteiger charge is 2.29. The van der Waals surface area contributed by atoms with E-state index in [9.17, 15) is 9.59 Å². The molecule has 8 heteroatoms. The Labute approximate surface area is 215 Å². The molecule has 5 rings (SSSR count). The second-order valence-corrected chi connectivity index (χ2v) is 9.44. The quantitative estimate of drug-likeness (QED) is 0.256. The van der Waals surface area contributed by atoms with Crippen LogP contribution in [0.25, 0.3) is 21.8 Å². The number of hydrogen-bond acceptors (Lipinski definition) is 5. The number of carbonyl (C=O) groups excluding carboxylic acids is 2. The van der Waals surface area contributed by atoms with Crippen molar-refractivity contribution in [3.63, 3.8) is 0 Å². The van der Waals surface area contributed by atoms with Gasteiger partial charge in [-0.25, -0.2) is 4.98 Å². The average molecular weight is 501 g/mol. The number of carbonyl (C=O) groups is 2. The molecule has 2 aromatic carbocycles. The Balaban J connectivity index is 1.15. The van der Waals surface area contributed by atoms with Gasteiger partial charge in [0.15, 0.2) is 0 Å². The lowest BCUT2D eigenvalue weighted by Gasteiger charge is -2.11. The Morgan fingerprint density at radius 2 is 1.84 bits per heavy atom. The van der Waals surface area contributed by atoms with Gasteiger partial charge in [-0.15, -0.1) is 0 Å². The van der Waals surface area contributed by atoms with Crippen LogP contribution < -0.4 is 20.1 Å². The number of nitrogens with one attached hydrogen (secondary N) is 3. The molecule has 1 saturated carbocycles. The van der Waals surface area contributed by atoms with Gasteiger partial charge in [-0.1, -0.05) is 24.3 Å². The van der Waals surface area contributed by atoms with Crippen molar-refractivity contribution in [3.8, 4) is 11.5 Å². The number of H-pyrrole nitrogens is 1. The van der Waals surface area contributed by atoms with Crippen LogP contribution in [0.1, 0.15) is 30.9 Å². The molecule has 2 aromatic heterocycles. The van der Waals surface area contributed by atoms with Crippen LogP contribution in [0.15, 0.2) is 54.9 Å². The highest BCUT2D eigenvalue weighted by molar-refractivity contribution is 5.87. The number of aromatic nitrogens is 2. The first-order chi connectivity index (χ1) is 18.1. The van der Waals surface area contributed by atoms with Gasteiger partial charge < -0.3 is 25.1 Å². The molecule has 4 aromatic rings. The molecule has 2 heterocycles. The van der Waals surface area contributed by atoms with Gasteiger partial charge in [0.25, 0.3) is 0 Å². The summed E-state index contributed by atoms with van der Waals surface area (Å²) >= 11 is 0. The molecule has 37 heavy (non-hydrogen) atoms. The van der Waals surface area contributed by atoms with E-state index in [4.69, 9.17) is 9.47 Å². The van der Waals surface area contributed by atoms with Gasteiger partial charge in [0.05, 0.1) is 5.39 Å². The minimum Gasteiger partial charge on any atom is -0.490 e. The maximum absolute atomic E-state index is 11.8. The summed E-state index contributed by atoms with van der Waals surface area (Å²) in [5.41, 5.74) is 2.99. The van der Waals surface area contributed by atoms with Crippen LogP contribution in [-0.4, -0.2) is 48.1 Å². The molecule has 8 nitrogen and oxygen atoms in total. The summed E-state index contributed by atoms with van der Waals surface area (Å²) in [5.74, 6) is 1.86. The molecular formula is C29H32N4O4. The third kappa shape index (κ3) is 6.39. The molecule has 3 N–H and O–H groups in total. The summed E-state index contributed by atoms with van der Waals surface area (Å²) in [4.78, 5) is 30.7. The zero-order valence-electron chi connectivity index (χ0n) is 21.0. The minimum absolute atomic E-state index is 0.0242. The van der Waals surface area contributed by atoms with Crippen molar-refractivity contribution in [2.75, 3.05) is 26.3 Å². The van der Waals surface area contributed by atoms with E-state index in [0.717, 1.165) is 64.6 Å². The van der Waals surface area contributed by atoms with Crippen molar-refractivity contribution in [2.24, 2.45) is 5.92 Å². The van der Waals surface area contributed by atoms with Gasteiger partial charge in [0, 0.05) is 38.3 Å². The fourth-order valence-corrected chi connectivity index (χ4v) is 4.41. The van der Waals surface area contributed by atoms with Crippen LogP contribution in [0.3, 0.4) is 0 Å². The molecule has 0 atom stereocenters. The molecular weight excluding hydrogens is 468 g/mol. The Morgan fingerprint density at radius 1 is 1.00 bits per heavy atom. The normalized spacial score (nSPS) is 13.0. The van der Waals surface area contributed by atoms with Crippen LogP contribution in [0.5, 0.6) is 11.5 Å². The van der Waals surface area contributed by atoms with Crippen LogP contribution in [-0.2, 0) is 22.4 Å². The number of benzene rings is 2. The van der Waals surface area contributed by atoms with Gasteiger partial charge in [-0.3, -0.25) is 9.59 Å². The fourth-order valence-electron chi connectivity index (χ4n) is 4.41. The van der Waals surface area contributed by atoms with Crippen LogP contribution in [0, 0.1) is 5.92 Å². The Bertz CT molecular complexity index is 1410. The van der Waals surface area contributed by atoms with Crippen molar-refractivity contribution in [1.82, 2.24) is 20.6 Å². The molecule has 0 saturated heterocycles. The summed E-state index contributed by atoms with van der Waals surface area (Å²) < 4.78 is 12.0. The van der Waals surface area contributed by atoms with Gasteiger partial charge in [-0.05, 0) is 65.8 Å². The second-order valence-electron chi connectivity index (χ2n) is 9.44. The van der Waals surface area contributed by atoms with E-state index in [-0.39, 0.29) is 17.7 Å². The second kappa shape index (κ2) is 11.3. The molecule has 2 amide bonds. The number of hydrogen-bond donors (Lipinski definition) is 3. The van der Waals surface area contributed by atoms with Gasteiger partial charge in [0.1, 0.15) is 30.4 Å². The van der Waals surface area contributed by atoms with Gasteiger partial charge >= 0.3 is 0 Å². The first-order valence-electron chi connectivity index (χ1n) is 12.8. The predicted octanol–water partition coefficient (Wildman–Crippen LogP) is 3.92. The van der Waals surface area contributed by atoms with Crippen molar-refractivity contribution in [3.05, 3.63) is 66.0 Å². The maximum atomic E-state index is 11.8. The number of ether oxygens (including phenoxy) is 2. The SMILES string of the molecule is CC(=O)NCCc1cccc2ccc(OCCOc3c[nH]c4ncc(CCNC(=O)C5CC5)cc34)cc12. The molecule has 0 radical (unpaired) electrons. The standard InChI is InChI=1S/C29H32N4O4/c1-19(34)30-12-10-22-4-2-3-21-7-8-24(16-25(21)22)36-13-14-37-27-18-33-28-26(27)15-20(17-32-28)9-11-31-29(35)23-5-6-23/h2-4,7-8,15-18,23H,5-6,9-14H2,1H3,(H,30,34)(H,31,35)(H,32,33). The number of aromatic amines is 1. The first-order valence-corrected chi connectivity index (χ1v) is 12.8. The molecule has 1 aliphatic carbocycles. The number of amides is 2. The summed E-state index contributed by atoms with van der Waals surface area (Å²) in [7, 11) is 0. The molecule has 1 aliphatic rings. The number of rotatable bonds is 12. The Hall–Kier alpha value is -4.07. The van der Waals surface area contributed by atoms with Crippen LogP contribution >= 0.6 is 0 Å². The van der Waals surface area contributed by atoms with Gasteiger partial charge in [-0.2, -0.15) is 0 Å². The third-order valence-corrected chi connectivity index (χ3v) is 6.53. The number of fused-ring (bicyclic) bond motifs is 2. The number of pyridine rings is 1. The van der Waals surface area contributed by atoms with E-state index in [0.29, 0.717) is 26.3 Å². The van der Waals surface area contributed by atoms with Gasteiger partial charge in [0.2, 0.25) is 11.8 Å². The first kappa shape index (κ1) is 24.6. The smallest absolute Gasteiger partial charge is 0.223 e. The Morgan fingerprint density at radius 3 is 2.68 bits per heavy atom. The van der Waals surface area contributed by atoms with Crippen molar-refractivity contribution in [1.29, 1.82) is 0 Å². The molecule has 1 fully saturated rings. The van der Waals surface area contributed by atoms with Crippen molar-refractivity contribution in [2.45, 2.75) is 32.6 Å². The highest BCUT2D eigenvalue weighted by atomic mass is 16.5. The summed E-state index contributed by atoms with van der Waals surface area (Å²) in [6.45, 7) is 3.52. The molecule has 0 bridgehead atoms. The van der Waals surface area contributed by atoms with Crippen LogP contribution in [0.4, 0.5) is 0 Å². The predicted molar refractivity (Wildman–Crippen MR) is 143 cm³/mol. The van der Waals surface area contributed by atoms with E-state index < -0.39 is 0 Å². The zero-order valence-corrected chi connectivity index (χ0v) is 21.0. The molecule has 0 spiro atoms. The zero-order chi connectivity index (χ0) is 25.6. The summed E-state index contributed by atoms with van der Waals surface area (Å²) in [6.07, 6.45) is 7.15. The van der Waals surface area contributed by atoms with E-state index in [1.54, 1.807) is 0 Å². The van der Waals surface area contributed by atoms with E-state index in [1.807, 2.05) is 36.7 Å².